The Labute approximate surface area is 102 Å². The second-order valence-electron chi connectivity index (χ2n) is 4.29. The van der Waals surface area contributed by atoms with Crippen LogP contribution in [0.2, 0.25) is 0 Å². The third-order valence-electron chi connectivity index (χ3n) is 2.85. The summed E-state index contributed by atoms with van der Waals surface area (Å²) in [5.74, 6) is -3.05. The summed E-state index contributed by atoms with van der Waals surface area (Å²) in [7, 11) is 0. The van der Waals surface area contributed by atoms with Gasteiger partial charge < -0.3 is 15.5 Å². The molecule has 1 aliphatic rings. The van der Waals surface area contributed by atoms with E-state index < -0.39 is 29.5 Å². The number of benzene rings is 1. The Balaban J connectivity index is 2.13. The molecule has 0 heterocycles. The van der Waals surface area contributed by atoms with E-state index in [1.807, 2.05) is 0 Å². The lowest BCUT2D eigenvalue weighted by Gasteiger charge is -2.14. The Bertz CT molecular complexity index is 499. The molecule has 0 aliphatic heterocycles. The SMILES string of the molecule is O=C(NC(C(=O)O)C1CC1)c1ccc(F)cc1O. The van der Waals surface area contributed by atoms with E-state index in [1.54, 1.807) is 0 Å². The molecule has 1 amide bonds. The first-order valence-electron chi connectivity index (χ1n) is 5.51. The van der Waals surface area contributed by atoms with Gasteiger partial charge in [-0.25, -0.2) is 9.18 Å². The van der Waals surface area contributed by atoms with Crippen molar-refractivity contribution in [1.82, 2.24) is 5.32 Å². The molecule has 1 fully saturated rings. The maximum Gasteiger partial charge on any atom is 0.326 e. The third-order valence-corrected chi connectivity index (χ3v) is 2.85. The van der Waals surface area contributed by atoms with E-state index in [9.17, 15) is 19.1 Å². The molecule has 5 nitrogen and oxygen atoms in total. The molecule has 2 rings (SSSR count). The molecule has 0 spiro atoms. The molecule has 0 saturated heterocycles. The molecule has 1 aliphatic carbocycles. The van der Waals surface area contributed by atoms with Crippen LogP contribution in [0, 0.1) is 11.7 Å². The van der Waals surface area contributed by atoms with Gasteiger partial charge in [0.2, 0.25) is 0 Å². The molecule has 6 heteroatoms. The van der Waals surface area contributed by atoms with Gasteiger partial charge in [0.15, 0.2) is 0 Å². The number of phenolic OH excluding ortho intramolecular Hbond substituents is 1. The summed E-state index contributed by atoms with van der Waals surface area (Å²) in [4.78, 5) is 22.7. The van der Waals surface area contributed by atoms with Gasteiger partial charge in [0, 0.05) is 6.07 Å². The summed E-state index contributed by atoms with van der Waals surface area (Å²) >= 11 is 0. The molecule has 1 aromatic rings. The highest BCUT2D eigenvalue weighted by Crippen LogP contribution is 2.33. The number of aliphatic carboxylic acids is 1. The van der Waals surface area contributed by atoms with Crippen LogP contribution in [0.25, 0.3) is 0 Å². The van der Waals surface area contributed by atoms with Gasteiger partial charge in [-0.2, -0.15) is 0 Å². The lowest BCUT2D eigenvalue weighted by molar-refractivity contribution is -0.139. The predicted octanol–water partition coefficient (Wildman–Crippen LogP) is 1.12. The molecule has 0 aromatic heterocycles. The molecule has 96 valence electrons. The zero-order valence-electron chi connectivity index (χ0n) is 9.39. The fourth-order valence-electron chi connectivity index (χ4n) is 1.73. The fraction of sp³-hybridized carbons (Fsp3) is 0.333. The van der Waals surface area contributed by atoms with Gasteiger partial charge in [0.25, 0.3) is 5.91 Å². The molecule has 3 N–H and O–H groups in total. The monoisotopic (exact) mass is 253 g/mol. The third kappa shape index (κ3) is 2.58. The van der Waals surface area contributed by atoms with E-state index in [1.165, 1.54) is 0 Å². The number of halogens is 1. The van der Waals surface area contributed by atoms with Gasteiger partial charge in [0.1, 0.15) is 17.6 Å². The first-order valence-corrected chi connectivity index (χ1v) is 5.51. The number of carbonyl (C=O) groups excluding carboxylic acids is 1. The highest BCUT2D eigenvalue weighted by Gasteiger charge is 2.37. The Morgan fingerprint density at radius 3 is 2.56 bits per heavy atom. The van der Waals surface area contributed by atoms with Crippen molar-refractivity contribution in [2.45, 2.75) is 18.9 Å². The Morgan fingerprint density at radius 1 is 1.39 bits per heavy atom. The summed E-state index contributed by atoms with van der Waals surface area (Å²) in [6, 6.07) is 2.00. The minimum Gasteiger partial charge on any atom is -0.507 e. The average molecular weight is 253 g/mol. The second-order valence-corrected chi connectivity index (χ2v) is 4.29. The van der Waals surface area contributed by atoms with Gasteiger partial charge in [-0.3, -0.25) is 4.79 Å². The lowest BCUT2D eigenvalue weighted by Crippen LogP contribution is -2.42. The topological polar surface area (TPSA) is 86.6 Å². The van der Waals surface area contributed by atoms with Crippen LogP contribution in [0.4, 0.5) is 4.39 Å². The van der Waals surface area contributed by atoms with E-state index in [4.69, 9.17) is 5.11 Å². The lowest BCUT2D eigenvalue weighted by atomic mass is 10.1. The van der Waals surface area contributed by atoms with Crippen molar-refractivity contribution < 1.29 is 24.2 Å². The van der Waals surface area contributed by atoms with Crippen molar-refractivity contribution in [2.24, 2.45) is 5.92 Å². The van der Waals surface area contributed by atoms with Crippen LogP contribution < -0.4 is 5.32 Å². The van der Waals surface area contributed by atoms with E-state index in [0.29, 0.717) is 0 Å². The van der Waals surface area contributed by atoms with Gasteiger partial charge in [-0.15, -0.1) is 0 Å². The van der Waals surface area contributed by atoms with E-state index >= 15 is 0 Å². The van der Waals surface area contributed by atoms with Gasteiger partial charge in [-0.05, 0) is 30.9 Å². The molecule has 1 saturated carbocycles. The summed E-state index contributed by atoms with van der Waals surface area (Å²) in [5, 5.41) is 20.7. The average Bonchev–Trinajstić information content (AvgIpc) is 3.08. The minimum absolute atomic E-state index is 0.0611. The van der Waals surface area contributed by atoms with Crippen LogP contribution in [0.5, 0.6) is 5.75 Å². The number of carbonyl (C=O) groups is 2. The zero-order valence-corrected chi connectivity index (χ0v) is 9.39. The highest BCUT2D eigenvalue weighted by molar-refractivity contribution is 5.98. The number of nitrogens with one attached hydrogen (secondary N) is 1. The van der Waals surface area contributed by atoms with Crippen molar-refractivity contribution in [1.29, 1.82) is 0 Å². The molecule has 0 radical (unpaired) electrons. The van der Waals surface area contributed by atoms with Crippen molar-refractivity contribution >= 4 is 11.9 Å². The number of carboxylic acid groups (broad SMARTS) is 1. The van der Waals surface area contributed by atoms with Crippen LogP contribution in [0.15, 0.2) is 18.2 Å². The molecular weight excluding hydrogens is 241 g/mol. The minimum atomic E-state index is -1.10. The van der Waals surface area contributed by atoms with Crippen molar-refractivity contribution in [3.8, 4) is 5.75 Å². The zero-order chi connectivity index (χ0) is 13.3. The molecule has 1 unspecified atom stereocenters. The maximum atomic E-state index is 12.8. The molecule has 1 atom stereocenters. The van der Waals surface area contributed by atoms with Crippen LogP contribution in [0.1, 0.15) is 23.2 Å². The maximum absolute atomic E-state index is 12.8. The quantitative estimate of drug-likeness (QED) is 0.750. The summed E-state index contributed by atoms with van der Waals surface area (Å²) < 4.78 is 12.8. The predicted molar refractivity (Wildman–Crippen MR) is 59.7 cm³/mol. The summed E-state index contributed by atoms with van der Waals surface area (Å²) in [6.45, 7) is 0. The number of rotatable bonds is 4. The van der Waals surface area contributed by atoms with Gasteiger partial charge in [0.05, 0.1) is 5.56 Å². The van der Waals surface area contributed by atoms with Crippen LogP contribution >= 0.6 is 0 Å². The van der Waals surface area contributed by atoms with Crippen LogP contribution in [-0.2, 0) is 4.79 Å². The number of aromatic hydroxyl groups is 1. The second kappa shape index (κ2) is 4.64. The van der Waals surface area contributed by atoms with Crippen LogP contribution in [0.3, 0.4) is 0 Å². The van der Waals surface area contributed by atoms with Crippen LogP contribution in [-0.4, -0.2) is 28.1 Å². The summed E-state index contributed by atoms with van der Waals surface area (Å²) in [5.41, 5.74) is -0.136. The van der Waals surface area contributed by atoms with E-state index in [2.05, 4.69) is 5.32 Å². The van der Waals surface area contributed by atoms with Crippen molar-refractivity contribution in [3.05, 3.63) is 29.6 Å². The van der Waals surface area contributed by atoms with Gasteiger partial charge in [-0.1, -0.05) is 0 Å². The first kappa shape index (κ1) is 12.3. The largest absolute Gasteiger partial charge is 0.507 e. The van der Waals surface area contributed by atoms with Crippen molar-refractivity contribution in [3.63, 3.8) is 0 Å². The van der Waals surface area contributed by atoms with Crippen molar-refractivity contribution in [2.75, 3.05) is 0 Å². The first-order chi connectivity index (χ1) is 8.49. The number of hydrogen-bond donors (Lipinski definition) is 3. The number of hydrogen-bond acceptors (Lipinski definition) is 3. The number of amides is 1. The van der Waals surface area contributed by atoms with Gasteiger partial charge >= 0.3 is 5.97 Å². The smallest absolute Gasteiger partial charge is 0.326 e. The highest BCUT2D eigenvalue weighted by atomic mass is 19.1. The number of carboxylic acids is 1. The summed E-state index contributed by atoms with van der Waals surface area (Å²) in [6.07, 6.45) is 1.51. The molecule has 0 bridgehead atoms. The molecular formula is C12H12FNO4. The number of phenols is 1. The Morgan fingerprint density at radius 2 is 2.06 bits per heavy atom. The molecule has 18 heavy (non-hydrogen) atoms. The normalized spacial score (nSPS) is 16.1. The standard InChI is InChI=1S/C12H12FNO4/c13-7-3-4-8(9(15)5-7)11(16)14-10(12(17)18)6-1-2-6/h3-6,10,15H,1-2H2,(H,14,16)(H,17,18). The van der Waals surface area contributed by atoms with E-state index in [0.717, 1.165) is 31.0 Å². The Kier molecular flexibility index (Phi) is 3.18. The fourth-order valence-corrected chi connectivity index (χ4v) is 1.73. The Hall–Kier alpha value is -2.11. The molecule has 1 aromatic carbocycles. The van der Waals surface area contributed by atoms with E-state index in [-0.39, 0.29) is 11.5 Å².